The summed E-state index contributed by atoms with van der Waals surface area (Å²) in [6.07, 6.45) is 0.625. The molecule has 0 bridgehead atoms. The van der Waals surface area contributed by atoms with E-state index in [-0.39, 0.29) is 16.7 Å². The number of carbonyl (C=O) groups excluding carboxylic acids is 2. The van der Waals surface area contributed by atoms with Crippen LogP contribution >= 0.6 is 11.8 Å². The van der Waals surface area contributed by atoms with E-state index in [0.29, 0.717) is 23.7 Å². The summed E-state index contributed by atoms with van der Waals surface area (Å²) in [5, 5.41) is 12.6. The summed E-state index contributed by atoms with van der Waals surface area (Å²) in [5.41, 5.74) is 2.64. The van der Waals surface area contributed by atoms with E-state index in [1.54, 1.807) is 0 Å². The largest absolute Gasteiger partial charge is 0.347 e. The molecule has 1 atom stereocenters. The Hall–Kier alpha value is -3.04. The van der Waals surface area contributed by atoms with Crippen LogP contribution in [-0.2, 0) is 16.1 Å². The average Bonchev–Trinajstić information content (AvgIpc) is 3.04. The van der Waals surface area contributed by atoms with Crippen LogP contribution in [-0.4, -0.2) is 17.1 Å². The maximum absolute atomic E-state index is 12.9. The molecule has 0 radical (unpaired) electrons. The maximum atomic E-state index is 12.9. The smallest absolute Gasteiger partial charge is 0.264 e. The molecule has 1 unspecified atom stereocenters. The van der Waals surface area contributed by atoms with Gasteiger partial charge in [-0.2, -0.15) is 5.26 Å². The number of benzene rings is 2. The number of amides is 2. The maximum Gasteiger partial charge on any atom is 0.264 e. The van der Waals surface area contributed by atoms with Crippen LogP contribution in [0.4, 0.5) is 5.69 Å². The van der Waals surface area contributed by atoms with Crippen LogP contribution in [0, 0.1) is 18.3 Å². The summed E-state index contributed by atoms with van der Waals surface area (Å²) in [5.74, 6) is -0.578. The number of nitrogens with one attached hydrogen (secondary N) is 1. The topological polar surface area (TPSA) is 73.2 Å². The van der Waals surface area contributed by atoms with E-state index in [9.17, 15) is 14.9 Å². The molecule has 2 aromatic carbocycles. The molecule has 1 N–H and O–H groups in total. The highest BCUT2D eigenvalue weighted by atomic mass is 32.2. The lowest BCUT2D eigenvalue weighted by Gasteiger charge is -2.19. The van der Waals surface area contributed by atoms with E-state index in [0.717, 1.165) is 11.1 Å². The Kier molecular flexibility index (Phi) is 6.17. The second-order valence-electron chi connectivity index (χ2n) is 6.48. The Morgan fingerprint density at radius 1 is 1.18 bits per heavy atom. The number of nitrogens with zero attached hydrogens (tertiary/aromatic N) is 2. The van der Waals surface area contributed by atoms with Gasteiger partial charge in [0.05, 0.1) is 5.25 Å². The van der Waals surface area contributed by atoms with Gasteiger partial charge in [0.15, 0.2) is 0 Å². The van der Waals surface area contributed by atoms with Crippen LogP contribution in [0.1, 0.15) is 24.5 Å². The number of anilines is 1. The minimum atomic E-state index is -0.476. The van der Waals surface area contributed by atoms with E-state index in [1.807, 2.05) is 74.5 Å². The van der Waals surface area contributed by atoms with Crippen molar-refractivity contribution in [3.05, 3.63) is 76.3 Å². The number of rotatable bonds is 5. The molecule has 5 nitrogen and oxygen atoms in total. The molecule has 0 saturated carbocycles. The summed E-state index contributed by atoms with van der Waals surface area (Å²) >= 11 is 1.28. The van der Waals surface area contributed by atoms with Crippen molar-refractivity contribution in [1.82, 2.24) is 5.32 Å². The van der Waals surface area contributed by atoms with Crippen LogP contribution in [0.15, 0.2) is 65.2 Å². The lowest BCUT2D eigenvalue weighted by molar-refractivity contribution is -0.117. The third kappa shape index (κ3) is 4.10. The Labute approximate surface area is 169 Å². The molecule has 1 heterocycles. The molecule has 3 rings (SSSR count). The van der Waals surface area contributed by atoms with Crippen LogP contribution in [0.3, 0.4) is 0 Å². The van der Waals surface area contributed by atoms with Crippen molar-refractivity contribution in [2.45, 2.75) is 32.1 Å². The third-order valence-electron chi connectivity index (χ3n) is 4.46. The number of nitriles is 1. The number of hydrogen-bond acceptors (Lipinski definition) is 4. The van der Waals surface area contributed by atoms with Crippen molar-refractivity contribution in [3.63, 3.8) is 0 Å². The zero-order chi connectivity index (χ0) is 20.1. The van der Waals surface area contributed by atoms with Gasteiger partial charge in [0.1, 0.15) is 16.7 Å². The molecule has 0 spiro atoms. The fraction of sp³-hybridized carbons (Fsp3) is 0.227. The number of thioether (sulfide) groups is 1. The first-order valence-corrected chi connectivity index (χ1v) is 9.97. The molecule has 1 aliphatic rings. The normalized spacial score (nSPS) is 18.0. The van der Waals surface area contributed by atoms with Gasteiger partial charge in [-0.25, -0.2) is 0 Å². The zero-order valence-electron chi connectivity index (χ0n) is 15.8. The van der Waals surface area contributed by atoms with Gasteiger partial charge >= 0.3 is 0 Å². The van der Waals surface area contributed by atoms with Crippen molar-refractivity contribution in [2.75, 3.05) is 4.90 Å². The van der Waals surface area contributed by atoms with Crippen molar-refractivity contribution < 1.29 is 9.59 Å². The van der Waals surface area contributed by atoms with Gasteiger partial charge in [-0.3, -0.25) is 14.5 Å². The van der Waals surface area contributed by atoms with E-state index >= 15 is 0 Å². The van der Waals surface area contributed by atoms with Crippen LogP contribution in [0.25, 0.3) is 0 Å². The highest BCUT2D eigenvalue weighted by molar-refractivity contribution is 8.05. The van der Waals surface area contributed by atoms with Gasteiger partial charge in [0.2, 0.25) is 5.91 Å². The van der Waals surface area contributed by atoms with Gasteiger partial charge < -0.3 is 5.32 Å². The quantitative estimate of drug-likeness (QED) is 0.620. The molecule has 0 aliphatic carbocycles. The monoisotopic (exact) mass is 391 g/mol. The molecule has 1 fully saturated rings. The molecule has 2 amide bonds. The molecule has 6 heteroatoms. The molecule has 2 aromatic rings. The third-order valence-corrected chi connectivity index (χ3v) is 5.89. The summed E-state index contributed by atoms with van der Waals surface area (Å²) < 4.78 is 0. The Bertz CT molecular complexity index is 946. The van der Waals surface area contributed by atoms with Gasteiger partial charge in [-0.05, 0) is 31.0 Å². The molecule has 1 saturated heterocycles. The van der Waals surface area contributed by atoms with E-state index in [1.165, 1.54) is 16.7 Å². The lowest BCUT2D eigenvalue weighted by atomic mass is 10.2. The number of hydrogen-bond donors (Lipinski definition) is 1. The van der Waals surface area contributed by atoms with Crippen LogP contribution < -0.4 is 10.2 Å². The fourth-order valence-electron chi connectivity index (χ4n) is 2.91. The molecular formula is C22H21N3O2S. The second kappa shape index (κ2) is 8.77. The Morgan fingerprint density at radius 3 is 2.46 bits per heavy atom. The van der Waals surface area contributed by atoms with Gasteiger partial charge in [-0.15, -0.1) is 0 Å². The highest BCUT2D eigenvalue weighted by Crippen LogP contribution is 2.41. The van der Waals surface area contributed by atoms with Gasteiger partial charge in [0, 0.05) is 12.2 Å². The van der Waals surface area contributed by atoms with Crippen molar-refractivity contribution in [1.29, 1.82) is 5.26 Å². The molecular weight excluding hydrogens is 370 g/mol. The summed E-state index contributed by atoms with van der Waals surface area (Å²) in [7, 11) is 0. The predicted octanol–water partition coefficient (Wildman–Crippen LogP) is 3.91. The summed E-state index contributed by atoms with van der Waals surface area (Å²) in [4.78, 5) is 27.1. The predicted molar refractivity (Wildman–Crippen MR) is 111 cm³/mol. The Morgan fingerprint density at radius 2 is 1.86 bits per heavy atom. The van der Waals surface area contributed by atoms with Gasteiger partial charge in [0.25, 0.3) is 5.91 Å². The zero-order valence-corrected chi connectivity index (χ0v) is 16.6. The molecule has 142 valence electrons. The minimum absolute atomic E-state index is 0.0363. The standard InChI is InChI=1S/C22H21N3O2S/c1-3-19-21(27)25(17-11-9-15(2)10-12-17)22(28-19)18(13-23)20(26)24-14-16-7-5-4-6-8-16/h4-12,19H,3,14H2,1-2H3,(H,24,26)/b22-18-. The van der Waals surface area contributed by atoms with E-state index in [4.69, 9.17) is 0 Å². The molecule has 1 aliphatic heterocycles. The highest BCUT2D eigenvalue weighted by Gasteiger charge is 2.39. The summed E-state index contributed by atoms with van der Waals surface area (Å²) in [6.45, 7) is 4.21. The minimum Gasteiger partial charge on any atom is -0.347 e. The average molecular weight is 391 g/mol. The van der Waals surface area contributed by atoms with E-state index < -0.39 is 5.91 Å². The fourth-order valence-corrected chi connectivity index (χ4v) is 4.11. The van der Waals surface area contributed by atoms with Crippen LogP contribution in [0.2, 0.25) is 0 Å². The Balaban J connectivity index is 1.93. The first kappa shape index (κ1) is 19.7. The number of aryl methyl sites for hydroxylation is 1. The first-order valence-electron chi connectivity index (χ1n) is 9.09. The van der Waals surface area contributed by atoms with Gasteiger partial charge in [-0.1, -0.05) is 66.7 Å². The van der Waals surface area contributed by atoms with E-state index in [2.05, 4.69) is 5.32 Å². The molecule has 28 heavy (non-hydrogen) atoms. The summed E-state index contributed by atoms with van der Waals surface area (Å²) in [6, 6.07) is 19.0. The second-order valence-corrected chi connectivity index (χ2v) is 7.68. The first-order chi connectivity index (χ1) is 13.5. The number of carbonyl (C=O) groups is 2. The molecule has 0 aromatic heterocycles. The van der Waals surface area contributed by atoms with Crippen molar-refractivity contribution in [3.8, 4) is 6.07 Å². The van der Waals surface area contributed by atoms with Crippen LogP contribution in [0.5, 0.6) is 0 Å². The lowest BCUT2D eigenvalue weighted by Crippen LogP contribution is -2.31. The van der Waals surface area contributed by atoms with Crippen molar-refractivity contribution >= 4 is 29.3 Å². The van der Waals surface area contributed by atoms with Crippen molar-refractivity contribution in [2.24, 2.45) is 0 Å². The SMILES string of the molecule is CCC1S/C(=C(/C#N)C(=O)NCc2ccccc2)N(c2ccc(C)cc2)C1=O.